The van der Waals surface area contributed by atoms with E-state index >= 15 is 0 Å². The van der Waals surface area contributed by atoms with Crippen LogP contribution in [0.2, 0.25) is 0 Å². The summed E-state index contributed by atoms with van der Waals surface area (Å²) >= 11 is 3.58. The van der Waals surface area contributed by atoms with E-state index in [0.29, 0.717) is 33.4 Å². The van der Waals surface area contributed by atoms with E-state index in [1.54, 1.807) is 25.7 Å². The molecule has 11 nitrogen and oxygen atoms in total. The summed E-state index contributed by atoms with van der Waals surface area (Å²) in [5, 5.41) is 10.7. The van der Waals surface area contributed by atoms with Crippen molar-refractivity contribution in [2.45, 2.75) is 0 Å². The molecule has 0 aliphatic carbocycles. The van der Waals surface area contributed by atoms with Gasteiger partial charge in [0.15, 0.2) is 0 Å². The highest BCUT2D eigenvalue weighted by atomic mass is 79.9. The lowest BCUT2D eigenvalue weighted by Gasteiger charge is -2.26. The van der Waals surface area contributed by atoms with Crippen LogP contribution < -0.4 is 30.9 Å². The smallest absolute Gasteiger partial charge is 0.247 e. The zero-order valence-electron chi connectivity index (χ0n) is 24.6. The summed E-state index contributed by atoms with van der Waals surface area (Å²) in [6, 6.07) is 7.63. The monoisotopic (exact) mass is 651 g/mol. The summed E-state index contributed by atoms with van der Waals surface area (Å²) in [5.41, 5.74) is 4.61. The predicted molar refractivity (Wildman–Crippen MR) is 178 cm³/mol. The maximum atomic E-state index is 12.3. The van der Waals surface area contributed by atoms with Crippen molar-refractivity contribution in [2.24, 2.45) is 0 Å². The Morgan fingerprint density at radius 1 is 1.05 bits per heavy atom. The van der Waals surface area contributed by atoms with E-state index in [-0.39, 0.29) is 5.91 Å². The number of methoxy groups -OCH3 is 1. The summed E-state index contributed by atoms with van der Waals surface area (Å²) in [5.74, 6) is 1.17. The lowest BCUT2D eigenvalue weighted by Crippen LogP contribution is -2.29. The number of aromatic nitrogens is 4. The first kappa shape index (κ1) is 31.1. The van der Waals surface area contributed by atoms with Crippen LogP contribution in [0.5, 0.6) is 5.75 Å². The average molecular weight is 653 g/mol. The summed E-state index contributed by atoms with van der Waals surface area (Å²) in [7, 11) is 7.09. The van der Waals surface area contributed by atoms with Gasteiger partial charge in [0, 0.05) is 55.8 Å². The zero-order valence-corrected chi connectivity index (χ0v) is 27.0. The Labute approximate surface area is 255 Å². The molecule has 2 aromatic carbocycles. The van der Waals surface area contributed by atoms with Gasteiger partial charge in [-0.3, -0.25) is 14.8 Å². The van der Waals surface area contributed by atoms with Crippen molar-refractivity contribution >= 4 is 80.6 Å². The van der Waals surface area contributed by atoms with Crippen molar-refractivity contribution in [2.75, 3.05) is 75.5 Å². The average Bonchev–Trinajstić information content (AvgIpc) is 2.97. The van der Waals surface area contributed by atoms with E-state index in [4.69, 9.17) is 9.72 Å². The van der Waals surface area contributed by atoms with Gasteiger partial charge in [-0.05, 0) is 67.6 Å². The number of likely N-dealkylation sites (N-methyl/N-ethyl adjacent to an activating group) is 2. The number of benzene rings is 2. The topological polar surface area (TPSA) is 120 Å². The Hall–Kier alpha value is -3.86. The number of hydrogen-bond donors (Lipinski definition) is 3. The maximum absolute atomic E-state index is 12.3. The van der Waals surface area contributed by atoms with E-state index in [1.165, 1.54) is 6.08 Å². The Morgan fingerprint density at radius 2 is 1.81 bits per heavy atom. The summed E-state index contributed by atoms with van der Waals surface area (Å²) in [6.07, 6.45) is 6.32. The van der Waals surface area contributed by atoms with Crippen molar-refractivity contribution in [3.63, 3.8) is 0 Å². The van der Waals surface area contributed by atoms with Gasteiger partial charge in [-0.15, -0.1) is 0 Å². The molecule has 0 bridgehead atoms. The van der Waals surface area contributed by atoms with E-state index in [9.17, 15) is 4.79 Å². The highest BCUT2D eigenvalue weighted by Gasteiger charge is 2.18. The highest BCUT2D eigenvalue weighted by Crippen LogP contribution is 2.39. The first-order valence-corrected chi connectivity index (χ1v) is 16.1. The molecule has 2 heterocycles. The third-order valence-electron chi connectivity index (χ3n) is 6.36. The number of carbonyl (C=O) groups is 1. The number of halogens is 1. The second kappa shape index (κ2) is 13.9. The summed E-state index contributed by atoms with van der Waals surface area (Å²) < 4.78 is 6.42. The molecule has 0 aliphatic rings. The molecule has 0 saturated heterocycles. The molecule has 0 saturated carbocycles. The second-order valence-electron chi connectivity index (χ2n) is 9.91. The molecule has 4 rings (SSSR count). The molecular weight excluding hydrogens is 617 g/mol. The van der Waals surface area contributed by atoms with Gasteiger partial charge in [0.1, 0.15) is 11.6 Å². The van der Waals surface area contributed by atoms with Gasteiger partial charge in [0.05, 0.1) is 39.7 Å². The van der Waals surface area contributed by atoms with Crippen LogP contribution in [0.15, 0.2) is 60.0 Å². The van der Waals surface area contributed by atoms with Crippen LogP contribution in [0, 0.1) is 0 Å². The van der Waals surface area contributed by atoms with Crippen LogP contribution in [0.1, 0.15) is 0 Å². The van der Waals surface area contributed by atoms with Gasteiger partial charge in [-0.25, -0.2) is 4.98 Å². The Morgan fingerprint density at radius 3 is 2.50 bits per heavy atom. The van der Waals surface area contributed by atoms with Gasteiger partial charge in [0.25, 0.3) is 0 Å². The zero-order chi connectivity index (χ0) is 30.4. The third-order valence-corrected chi connectivity index (χ3v) is 8.29. The summed E-state index contributed by atoms with van der Waals surface area (Å²) in [6.45, 7) is 9.53. The van der Waals surface area contributed by atoms with Crippen LogP contribution in [-0.2, 0) is 4.79 Å². The summed E-state index contributed by atoms with van der Waals surface area (Å²) in [4.78, 5) is 34.7. The molecule has 3 N–H and O–H groups in total. The highest BCUT2D eigenvalue weighted by molar-refractivity contribution is 9.10. The fourth-order valence-electron chi connectivity index (χ4n) is 4.24. The molecule has 42 heavy (non-hydrogen) atoms. The number of ether oxygens (including phenoxy) is 1. The number of amides is 1. The third kappa shape index (κ3) is 7.31. The van der Waals surface area contributed by atoms with Gasteiger partial charge in [-0.2, -0.15) is 4.98 Å². The largest absolute Gasteiger partial charge is 0.494 e. The van der Waals surface area contributed by atoms with Gasteiger partial charge in [0.2, 0.25) is 11.9 Å². The lowest BCUT2D eigenvalue weighted by atomic mass is 10.2. The molecule has 0 unspecified atom stereocenters. The number of fused-ring (bicyclic) bond motifs is 1. The van der Waals surface area contributed by atoms with Gasteiger partial charge >= 0.3 is 0 Å². The molecule has 0 aliphatic heterocycles. The molecule has 0 atom stereocenters. The van der Waals surface area contributed by atoms with E-state index < -0.39 is 7.92 Å². The molecule has 2 aromatic heterocycles. The van der Waals surface area contributed by atoms with E-state index in [0.717, 1.165) is 40.8 Å². The second-order valence-corrected chi connectivity index (χ2v) is 13.0. The minimum Gasteiger partial charge on any atom is -0.494 e. The number of hydrogen-bond acceptors (Lipinski definition) is 10. The first-order valence-electron chi connectivity index (χ1n) is 13.1. The van der Waals surface area contributed by atoms with Crippen molar-refractivity contribution in [1.29, 1.82) is 0 Å². The van der Waals surface area contributed by atoms with Crippen molar-refractivity contribution in [3.05, 3.63) is 60.0 Å². The maximum Gasteiger partial charge on any atom is 0.247 e. The molecule has 1 amide bonds. The van der Waals surface area contributed by atoms with Crippen molar-refractivity contribution in [1.82, 2.24) is 24.8 Å². The number of anilines is 6. The van der Waals surface area contributed by atoms with Crippen molar-refractivity contribution in [3.8, 4) is 5.75 Å². The Balaban J connectivity index is 1.69. The van der Waals surface area contributed by atoms with E-state index in [2.05, 4.69) is 76.5 Å². The molecular formula is C29H35BrN9O2P. The predicted octanol–water partition coefficient (Wildman–Crippen LogP) is 5.17. The Kier molecular flexibility index (Phi) is 10.3. The number of rotatable bonds is 12. The van der Waals surface area contributed by atoms with Crippen LogP contribution in [0.25, 0.3) is 11.0 Å². The molecule has 0 spiro atoms. The van der Waals surface area contributed by atoms with Crippen LogP contribution in [-0.4, -0.2) is 85.4 Å². The quantitative estimate of drug-likeness (QED) is 0.140. The van der Waals surface area contributed by atoms with Crippen LogP contribution in [0.4, 0.5) is 34.5 Å². The Bertz CT molecular complexity index is 1600. The van der Waals surface area contributed by atoms with Crippen molar-refractivity contribution < 1.29 is 9.53 Å². The lowest BCUT2D eigenvalue weighted by molar-refractivity contribution is -0.111. The fourth-order valence-corrected chi connectivity index (χ4v) is 5.74. The molecule has 0 fully saturated rings. The normalized spacial score (nSPS) is 11.1. The number of nitrogens with one attached hydrogen (secondary N) is 3. The molecule has 13 heteroatoms. The van der Waals surface area contributed by atoms with E-state index in [1.807, 2.05) is 45.4 Å². The first-order chi connectivity index (χ1) is 20.1. The number of nitrogens with zero attached hydrogens (tertiary/aromatic N) is 6. The fraction of sp³-hybridized carbons (Fsp3) is 0.276. The number of carbonyl (C=O) groups excluding carboxylic acids is 1. The molecule has 4 aromatic rings. The van der Waals surface area contributed by atoms with Gasteiger partial charge < -0.3 is 30.5 Å². The SMILES string of the molecule is C=CC(=O)Nc1cc(Nc2ncc(Br)c(Nc3ccc4nccnc4c3P(C)C)n2)c(OC)cc1N(C)CCN(C)C. The minimum absolute atomic E-state index is 0.317. The van der Waals surface area contributed by atoms with Gasteiger partial charge in [-0.1, -0.05) is 14.5 Å². The standard InChI is InChI=1S/C29H35BrN9O2P/c1-8-25(40)34-21-15-22(24(41-5)16-23(21)39(4)14-13-38(2)3)36-29-33-17-18(30)28(37-29)35-20-10-9-19-26(27(20)42(6)7)32-12-11-31-19/h8-12,15-17H,1,13-14H2,2-7H3,(H,34,40)(H2,33,35,36,37). The molecule has 0 radical (unpaired) electrons. The van der Waals surface area contributed by atoms with Crippen LogP contribution >= 0.6 is 23.9 Å². The minimum atomic E-state index is -0.508. The molecule has 220 valence electrons. The van der Waals surface area contributed by atoms with Crippen LogP contribution in [0.3, 0.4) is 0 Å².